The van der Waals surface area contributed by atoms with Crippen molar-refractivity contribution in [2.45, 2.75) is 29.4 Å². The van der Waals surface area contributed by atoms with Gasteiger partial charge in [-0.2, -0.15) is 8.42 Å². The lowest BCUT2D eigenvalue weighted by Crippen LogP contribution is -2.37. The Balaban J connectivity index is 1.74. The molecule has 4 unspecified atom stereocenters. The van der Waals surface area contributed by atoms with Crippen molar-refractivity contribution in [1.29, 1.82) is 0 Å². The van der Waals surface area contributed by atoms with Gasteiger partial charge < -0.3 is 24.8 Å². The third-order valence-corrected chi connectivity index (χ3v) is 5.13. The number of aromatic hydroxyl groups is 1. The maximum atomic E-state index is 13.1. The fourth-order valence-corrected chi connectivity index (χ4v) is 3.28. The first-order chi connectivity index (χ1) is 14.0. The van der Waals surface area contributed by atoms with E-state index in [0.29, 0.717) is 6.07 Å². The molecule has 0 radical (unpaired) electrons. The Hall–Kier alpha value is -3.07. The van der Waals surface area contributed by atoms with E-state index in [4.69, 9.17) is 9.47 Å². The molecule has 0 spiro atoms. The predicted molar refractivity (Wildman–Crippen MR) is 93.9 cm³/mol. The maximum Gasteiger partial charge on any atom is 0.342 e. The summed E-state index contributed by atoms with van der Waals surface area (Å²) in [5.41, 5.74) is -2.26. The summed E-state index contributed by atoms with van der Waals surface area (Å²) in [6.07, 6.45) is -4.90. The van der Waals surface area contributed by atoms with Crippen LogP contribution in [-0.2, 0) is 19.7 Å². The molecule has 0 saturated carbocycles. The van der Waals surface area contributed by atoms with Gasteiger partial charge in [0.15, 0.2) is 6.23 Å². The molecule has 3 rings (SSSR count). The molecule has 1 saturated heterocycles. The van der Waals surface area contributed by atoms with E-state index in [1.165, 1.54) is 0 Å². The highest BCUT2D eigenvalue weighted by molar-refractivity contribution is 7.86. The number of hydrogen-bond donors (Lipinski definition) is 4. The van der Waals surface area contributed by atoms with Crippen LogP contribution in [0.2, 0.25) is 0 Å². The molecule has 1 aliphatic rings. The van der Waals surface area contributed by atoms with Crippen molar-refractivity contribution in [3.05, 3.63) is 56.9 Å². The number of nitrogens with one attached hydrogen (secondary N) is 1. The zero-order valence-corrected chi connectivity index (χ0v) is 15.7. The van der Waals surface area contributed by atoms with Crippen LogP contribution >= 0.6 is 0 Å². The number of carbonyl (C=O) groups is 1. The van der Waals surface area contributed by atoms with E-state index < -0.39 is 74.8 Å². The third-order valence-electron chi connectivity index (χ3n) is 4.31. The average Bonchev–Trinajstić information content (AvgIpc) is 2.94. The summed E-state index contributed by atoms with van der Waals surface area (Å²) in [5, 5.41) is 29.9. The first kappa shape index (κ1) is 21.6. The SMILES string of the molecule is O=C(OCC1OC(n2ccc(=O)[nH]c2=O)C(O)C1O)c1cc(S(=O)(=O)F)ccc1O. The van der Waals surface area contributed by atoms with E-state index in [0.717, 1.165) is 29.0 Å². The van der Waals surface area contributed by atoms with E-state index >= 15 is 0 Å². The molecule has 14 heteroatoms. The topological polar surface area (TPSA) is 185 Å². The summed E-state index contributed by atoms with van der Waals surface area (Å²) in [6.45, 7) is -0.669. The van der Waals surface area contributed by atoms with Gasteiger partial charge in [0.25, 0.3) is 5.56 Å². The number of rotatable bonds is 5. The Morgan fingerprint density at radius 2 is 1.93 bits per heavy atom. The van der Waals surface area contributed by atoms with E-state index in [2.05, 4.69) is 0 Å². The summed E-state index contributed by atoms with van der Waals surface area (Å²) < 4.78 is 46.0. The minimum atomic E-state index is -5.14. The fraction of sp³-hybridized carbons (Fsp3) is 0.312. The zero-order chi connectivity index (χ0) is 22.2. The number of aliphatic hydroxyl groups is 2. The Labute approximate surface area is 167 Å². The number of aliphatic hydroxyl groups excluding tert-OH is 2. The minimum Gasteiger partial charge on any atom is -0.507 e. The summed E-state index contributed by atoms with van der Waals surface area (Å²) in [7, 11) is -5.14. The molecule has 1 aromatic carbocycles. The summed E-state index contributed by atoms with van der Waals surface area (Å²) in [4.78, 5) is 36.2. The van der Waals surface area contributed by atoms with Crippen LogP contribution < -0.4 is 11.2 Å². The number of esters is 1. The summed E-state index contributed by atoms with van der Waals surface area (Å²) in [6, 6.07) is 3.09. The summed E-state index contributed by atoms with van der Waals surface area (Å²) in [5.74, 6) is -1.94. The van der Waals surface area contributed by atoms with Crippen LogP contribution in [0.3, 0.4) is 0 Å². The van der Waals surface area contributed by atoms with Crippen molar-refractivity contribution in [3.63, 3.8) is 0 Å². The molecular formula is C16H15FN2O10S. The molecule has 1 fully saturated rings. The van der Waals surface area contributed by atoms with Gasteiger partial charge in [-0.25, -0.2) is 9.59 Å². The number of phenols is 1. The minimum absolute atomic E-state index is 0.566. The average molecular weight is 446 g/mol. The highest BCUT2D eigenvalue weighted by Crippen LogP contribution is 2.29. The Morgan fingerprint density at radius 1 is 1.23 bits per heavy atom. The summed E-state index contributed by atoms with van der Waals surface area (Å²) >= 11 is 0. The molecule has 0 aliphatic carbocycles. The lowest BCUT2D eigenvalue weighted by molar-refractivity contribution is -0.0599. The number of H-pyrrole nitrogens is 1. The highest BCUT2D eigenvalue weighted by atomic mass is 32.3. The van der Waals surface area contributed by atoms with Gasteiger partial charge in [0.2, 0.25) is 0 Å². The number of aromatic amines is 1. The molecule has 0 amide bonds. The second kappa shape index (κ2) is 7.98. The molecule has 30 heavy (non-hydrogen) atoms. The maximum absolute atomic E-state index is 13.1. The molecule has 2 heterocycles. The molecule has 12 nitrogen and oxygen atoms in total. The van der Waals surface area contributed by atoms with E-state index in [1.54, 1.807) is 0 Å². The zero-order valence-electron chi connectivity index (χ0n) is 14.8. The van der Waals surface area contributed by atoms with Gasteiger partial charge in [0.1, 0.15) is 36.2 Å². The van der Waals surface area contributed by atoms with Gasteiger partial charge >= 0.3 is 21.9 Å². The number of nitrogens with zero attached hydrogens (tertiary/aromatic N) is 1. The van der Waals surface area contributed by atoms with Crippen LogP contribution in [0.25, 0.3) is 0 Å². The van der Waals surface area contributed by atoms with Crippen molar-refractivity contribution < 1.29 is 41.9 Å². The van der Waals surface area contributed by atoms with Gasteiger partial charge in [-0.05, 0) is 18.2 Å². The normalized spacial score (nSPS) is 24.0. The molecule has 1 aromatic heterocycles. The van der Waals surface area contributed by atoms with Crippen LogP contribution in [0.4, 0.5) is 3.89 Å². The van der Waals surface area contributed by atoms with E-state index in [9.17, 15) is 42.0 Å². The van der Waals surface area contributed by atoms with Crippen LogP contribution in [-0.4, -0.2) is 64.2 Å². The number of phenolic OH excluding ortho intramolecular Hbond substituents is 1. The van der Waals surface area contributed by atoms with Crippen molar-refractivity contribution in [2.24, 2.45) is 0 Å². The van der Waals surface area contributed by atoms with Crippen molar-refractivity contribution in [1.82, 2.24) is 9.55 Å². The second-order valence-corrected chi connectivity index (χ2v) is 7.63. The first-order valence-corrected chi connectivity index (χ1v) is 9.65. The number of hydrogen-bond acceptors (Lipinski definition) is 10. The lowest BCUT2D eigenvalue weighted by Gasteiger charge is -2.16. The molecule has 162 valence electrons. The number of ether oxygens (including phenoxy) is 2. The van der Waals surface area contributed by atoms with Crippen molar-refractivity contribution >= 4 is 16.2 Å². The van der Waals surface area contributed by atoms with Gasteiger partial charge in [0.05, 0.1) is 4.90 Å². The fourth-order valence-electron chi connectivity index (χ4n) is 2.79. The predicted octanol–water partition coefficient (Wildman–Crippen LogP) is -1.62. The lowest BCUT2D eigenvalue weighted by atomic mass is 10.1. The molecule has 0 bridgehead atoms. The standard InChI is InChI=1S/C16H15FN2O10S/c17-30(26,27)7-1-2-9(20)8(5-7)15(24)28-6-10-12(22)13(23)14(29-10)19-4-3-11(21)18-16(19)25/h1-5,10,12-14,20,22-23H,6H2,(H,18,21,25). The van der Waals surface area contributed by atoms with Gasteiger partial charge in [-0.1, -0.05) is 0 Å². The molecule has 1 aliphatic heterocycles. The molecule has 2 aromatic rings. The number of aromatic nitrogens is 2. The van der Waals surface area contributed by atoms with Gasteiger partial charge in [-0.15, -0.1) is 3.89 Å². The monoisotopic (exact) mass is 446 g/mol. The van der Waals surface area contributed by atoms with Crippen molar-refractivity contribution in [2.75, 3.05) is 6.61 Å². The highest BCUT2D eigenvalue weighted by Gasteiger charge is 2.44. The molecule has 4 N–H and O–H groups in total. The second-order valence-electron chi connectivity index (χ2n) is 6.28. The Kier molecular flexibility index (Phi) is 5.76. The largest absolute Gasteiger partial charge is 0.507 e. The van der Waals surface area contributed by atoms with Crippen molar-refractivity contribution in [3.8, 4) is 5.75 Å². The quantitative estimate of drug-likeness (QED) is 0.307. The smallest absolute Gasteiger partial charge is 0.342 e. The molecular weight excluding hydrogens is 431 g/mol. The van der Waals surface area contributed by atoms with Gasteiger partial charge in [-0.3, -0.25) is 14.3 Å². The van der Waals surface area contributed by atoms with Crippen LogP contribution in [0.5, 0.6) is 5.75 Å². The Bertz CT molecular complexity index is 1190. The number of halogens is 1. The number of carbonyl (C=O) groups excluding carboxylic acids is 1. The first-order valence-electron chi connectivity index (χ1n) is 8.27. The van der Waals surface area contributed by atoms with Gasteiger partial charge in [0, 0.05) is 12.3 Å². The third kappa shape index (κ3) is 4.25. The van der Waals surface area contributed by atoms with E-state index in [-0.39, 0.29) is 0 Å². The number of benzene rings is 1. The Morgan fingerprint density at radius 3 is 2.57 bits per heavy atom. The van der Waals surface area contributed by atoms with Crippen LogP contribution in [0, 0.1) is 0 Å². The molecule has 4 atom stereocenters. The van der Waals surface area contributed by atoms with Crippen LogP contribution in [0.15, 0.2) is 44.9 Å². The van der Waals surface area contributed by atoms with E-state index in [1.807, 2.05) is 4.98 Å². The van der Waals surface area contributed by atoms with Crippen LogP contribution in [0.1, 0.15) is 16.6 Å².